The van der Waals surface area contributed by atoms with Gasteiger partial charge in [-0.3, -0.25) is 4.90 Å². The molecule has 1 aliphatic heterocycles. The van der Waals surface area contributed by atoms with Crippen LogP contribution in [-0.2, 0) is 6.42 Å². The lowest BCUT2D eigenvalue weighted by atomic mass is 9.77. The number of benzene rings is 1. The van der Waals surface area contributed by atoms with E-state index < -0.39 is 0 Å². The lowest BCUT2D eigenvalue weighted by Gasteiger charge is -2.43. The lowest BCUT2D eigenvalue weighted by molar-refractivity contribution is 0.102. The van der Waals surface area contributed by atoms with Crippen molar-refractivity contribution in [3.63, 3.8) is 0 Å². The van der Waals surface area contributed by atoms with Crippen LogP contribution in [0.4, 0.5) is 0 Å². The van der Waals surface area contributed by atoms with Crippen LogP contribution >= 0.6 is 0 Å². The third-order valence-electron chi connectivity index (χ3n) is 7.46. The Kier molecular flexibility index (Phi) is 4.01. The van der Waals surface area contributed by atoms with Crippen LogP contribution in [0, 0.1) is 11.8 Å². The summed E-state index contributed by atoms with van der Waals surface area (Å²) in [6.07, 6.45) is 17.6. The van der Waals surface area contributed by atoms with Gasteiger partial charge in [-0.05, 0) is 105 Å². The number of rotatable bonds is 2. The van der Waals surface area contributed by atoms with Crippen molar-refractivity contribution in [1.82, 2.24) is 4.90 Å². The van der Waals surface area contributed by atoms with Crippen LogP contribution in [0.15, 0.2) is 30.4 Å². The SMILES string of the molecule is C1=CC(C2CCN(C3CCC4CCc5cccc3c54)CC2)CCC1. The van der Waals surface area contributed by atoms with Crippen LogP contribution in [0.3, 0.4) is 0 Å². The molecule has 1 aromatic carbocycles. The first kappa shape index (κ1) is 15.2. The molecule has 128 valence electrons. The maximum absolute atomic E-state index is 2.84. The van der Waals surface area contributed by atoms with Gasteiger partial charge in [-0.25, -0.2) is 0 Å². The number of likely N-dealkylation sites (tertiary alicyclic amines) is 1. The van der Waals surface area contributed by atoms with Crippen molar-refractivity contribution in [2.75, 3.05) is 13.1 Å². The molecule has 1 heteroatoms. The molecule has 0 amide bonds. The third kappa shape index (κ3) is 2.56. The molecule has 1 fully saturated rings. The molecular formula is C23H31N. The number of nitrogens with zero attached hydrogens (tertiary/aromatic N) is 1. The third-order valence-corrected chi connectivity index (χ3v) is 7.46. The van der Waals surface area contributed by atoms with Crippen molar-refractivity contribution in [3.05, 3.63) is 47.0 Å². The van der Waals surface area contributed by atoms with Gasteiger partial charge in [-0.1, -0.05) is 30.4 Å². The summed E-state index contributed by atoms with van der Waals surface area (Å²) in [5.74, 6) is 2.73. The zero-order chi connectivity index (χ0) is 15.9. The molecule has 0 spiro atoms. The summed E-state index contributed by atoms with van der Waals surface area (Å²) in [6.45, 7) is 2.65. The zero-order valence-corrected chi connectivity index (χ0v) is 14.9. The van der Waals surface area contributed by atoms with Crippen molar-refractivity contribution >= 4 is 0 Å². The summed E-state index contributed by atoms with van der Waals surface area (Å²) in [5.41, 5.74) is 5.15. The van der Waals surface area contributed by atoms with Gasteiger partial charge in [-0.15, -0.1) is 0 Å². The molecule has 3 aliphatic carbocycles. The molecule has 1 heterocycles. The van der Waals surface area contributed by atoms with Crippen molar-refractivity contribution < 1.29 is 0 Å². The number of piperidine rings is 1. The fourth-order valence-electron chi connectivity index (χ4n) is 6.19. The second-order valence-electron chi connectivity index (χ2n) is 8.65. The Hall–Kier alpha value is -1.08. The second-order valence-corrected chi connectivity index (χ2v) is 8.65. The average Bonchev–Trinajstić information content (AvgIpc) is 3.08. The molecule has 0 saturated carbocycles. The summed E-state index contributed by atoms with van der Waals surface area (Å²) < 4.78 is 0. The van der Waals surface area contributed by atoms with Crippen molar-refractivity contribution in [1.29, 1.82) is 0 Å². The molecule has 0 N–H and O–H groups in total. The molecule has 3 unspecified atom stereocenters. The summed E-state index contributed by atoms with van der Waals surface area (Å²) in [5, 5.41) is 0. The van der Waals surface area contributed by atoms with Crippen LogP contribution < -0.4 is 0 Å². The van der Waals surface area contributed by atoms with Gasteiger partial charge in [0.25, 0.3) is 0 Å². The largest absolute Gasteiger partial charge is 0.296 e. The highest BCUT2D eigenvalue weighted by Gasteiger charge is 2.36. The minimum atomic E-state index is 0.720. The number of hydrogen-bond donors (Lipinski definition) is 0. The van der Waals surface area contributed by atoms with Crippen molar-refractivity contribution in [2.45, 2.75) is 69.7 Å². The van der Waals surface area contributed by atoms with E-state index in [9.17, 15) is 0 Å². The highest BCUT2D eigenvalue weighted by Crippen LogP contribution is 2.48. The van der Waals surface area contributed by atoms with E-state index >= 15 is 0 Å². The molecule has 0 aromatic heterocycles. The molecule has 24 heavy (non-hydrogen) atoms. The highest BCUT2D eigenvalue weighted by molar-refractivity contribution is 5.45. The molecule has 4 aliphatic rings. The maximum Gasteiger partial charge on any atom is 0.0351 e. The molecule has 5 rings (SSSR count). The average molecular weight is 322 g/mol. The Bertz CT molecular complexity index is 623. The standard InChI is InChI=1S/C23H31N/c1-2-5-17(6-3-1)18-13-15-24(16-14-18)22-12-11-20-10-9-19-7-4-8-21(22)23(19)20/h2,4-5,7-8,17-18,20,22H,1,3,6,9-16H2. The minimum absolute atomic E-state index is 0.720. The predicted octanol–water partition coefficient (Wildman–Crippen LogP) is 5.62. The second kappa shape index (κ2) is 6.33. The molecular weight excluding hydrogens is 290 g/mol. The summed E-state index contributed by atoms with van der Waals surface area (Å²) in [4.78, 5) is 2.84. The Balaban J connectivity index is 1.31. The maximum atomic E-state index is 2.84. The Labute approximate surface area is 147 Å². The summed E-state index contributed by atoms with van der Waals surface area (Å²) >= 11 is 0. The van der Waals surface area contributed by atoms with Gasteiger partial charge >= 0.3 is 0 Å². The van der Waals surface area contributed by atoms with Gasteiger partial charge in [-0.2, -0.15) is 0 Å². The van der Waals surface area contributed by atoms with Gasteiger partial charge in [0, 0.05) is 6.04 Å². The Morgan fingerprint density at radius 2 is 1.83 bits per heavy atom. The molecule has 0 radical (unpaired) electrons. The number of aryl methyl sites for hydroxylation is 1. The first-order valence-corrected chi connectivity index (χ1v) is 10.4. The minimum Gasteiger partial charge on any atom is -0.296 e. The van der Waals surface area contributed by atoms with Gasteiger partial charge in [0.2, 0.25) is 0 Å². The molecule has 1 nitrogen and oxygen atoms in total. The molecule has 1 saturated heterocycles. The van der Waals surface area contributed by atoms with E-state index in [1.165, 1.54) is 70.9 Å². The van der Waals surface area contributed by atoms with Crippen molar-refractivity contribution in [2.24, 2.45) is 11.8 Å². The lowest BCUT2D eigenvalue weighted by Crippen LogP contribution is -2.40. The van der Waals surface area contributed by atoms with Gasteiger partial charge < -0.3 is 0 Å². The van der Waals surface area contributed by atoms with E-state index in [1.807, 2.05) is 0 Å². The van der Waals surface area contributed by atoms with E-state index in [0.29, 0.717) is 0 Å². The van der Waals surface area contributed by atoms with Crippen LogP contribution in [0.2, 0.25) is 0 Å². The zero-order valence-electron chi connectivity index (χ0n) is 14.9. The van der Waals surface area contributed by atoms with Gasteiger partial charge in [0.15, 0.2) is 0 Å². The monoisotopic (exact) mass is 321 g/mol. The van der Waals surface area contributed by atoms with Crippen LogP contribution in [0.25, 0.3) is 0 Å². The normalized spacial score (nSPS) is 33.6. The summed E-state index contributed by atoms with van der Waals surface area (Å²) in [7, 11) is 0. The van der Waals surface area contributed by atoms with Crippen molar-refractivity contribution in [3.8, 4) is 0 Å². The van der Waals surface area contributed by atoms with E-state index in [0.717, 1.165) is 23.8 Å². The van der Waals surface area contributed by atoms with Crippen LogP contribution in [0.1, 0.15) is 80.0 Å². The summed E-state index contributed by atoms with van der Waals surface area (Å²) in [6, 6.07) is 7.89. The highest BCUT2D eigenvalue weighted by atomic mass is 15.2. The Morgan fingerprint density at radius 1 is 0.917 bits per heavy atom. The van der Waals surface area contributed by atoms with E-state index in [2.05, 4.69) is 35.3 Å². The number of allylic oxidation sites excluding steroid dienone is 2. The first-order chi connectivity index (χ1) is 11.9. The van der Waals surface area contributed by atoms with Crippen LogP contribution in [0.5, 0.6) is 0 Å². The Morgan fingerprint density at radius 3 is 2.67 bits per heavy atom. The first-order valence-electron chi connectivity index (χ1n) is 10.4. The van der Waals surface area contributed by atoms with Gasteiger partial charge in [0.1, 0.15) is 0 Å². The predicted molar refractivity (Wildman–Crippen MR) is 100 cm³/mol. The number of hydrogen-bond acceptors (Lipinski definition) is 1. The quantitative estimate of drug-likeness (QED) is 0.639. The van der Waals surface area contributed by atoms with Crippen LogP contribution in [-0.4, -0.2) is 18.0 Å². The van der Waals surface area contributed by atoms with E-state index in [4.69, 9.17) is 0 Å². The molecule has 0 bridgehead atoms. The fourth-order valence-corrected chi connectivity index (χ4v) is 6.19. The van der Waals surface area contributed by atoms with E-state index in [1.54, 1.807) is 16.7 Å². The molecule has 1 aromatic rings. The molecule has 3 atom stereocenters. The van der Waals surface area contributed by atoms with Gasteiger partial charge in [0.05, 0.1) is 0 Å². The smallest absolute Gasteiger partial charge is 0.0351 e. The topological polar surface area (TPSA) is 3.24 Å². The fraction of sp³-hybridized carbons (Fsp3) is 0.652. The van der Waals surface area contributed by atoms with E-state index in [-0.39, 0.29) is 0 Å².